The first-order valence-electron chi connectivity index (χ1n) is 11.0. The summed E-state index contributed by atoms with van der Waals surface area (Å²) in [6.45, 7) is 2.10. The molecule has 3 aromatic heterocycles. The van der Waals surface area contributed by atoms with Gasteiger partial charge in [-0.15, -0.1) is 0 Å². The molecule has 0 amide bonds. The van der Waals surface area contributed by atoms with Gasteiger partial charge in [0.1, 0.15) is 7.05 Å². The molecule has 0 atom stereocenters. The van der Waals surface area contributed by atoms with Crippen molar-refractivity contribution in [1.29, 1.82) is 0 Å². The third-order valence-corrected chi connectivity index (χ3v) is 6.91. The summed E-state index contributed by atoms with van der Waals surface area (Å²) in [5, 5.41) is 4.24. The van der Waals surface area contributed by atoms with Crippen LogP contribution < -0.4 is 4.57 Å². The van der Waals surface area contributed by atoms with Gasteiger partial charge in [0, 0.05) is 16.8 Å². The minimum Gasteiger partial charge on any atom is -0.437 e. The fourth-order valence-corrected chi connectivity index (χ4v) is 5.31. The lowest BCUT2D eigenvalue weighted by atomic mass is 9.92. The van der Waals surface area contributed by atoms with Gasteiger partial charge in [0.2, 0.25) is 17.4 Å². The van der Waals surface area contributed by atoms with Crippen LogP contribution in [0.4, 0.5) is 4.39 Å². The van der Waals surface area contributed by atoms with Crippen LogP contribution >= 0.6 is 0 Å². The van der Waals surface area contributed by atoms with E-state index in [2.05, 4.69) is 60.1 Å². The molecule has 1 aliphatic carbocycles. The van der Waals surface area contributed by atoms with Crippen molar-refractivity contribution in [3.63, 3.8) is 0 Å². The first kappa shape index (κ1) is 18.5. The zero-order chi connectivity index (χ0) is 21.1. The van der Waals surface area contributed by atoms with E-state index in [1.165, 1.54) is 48.1 Å². The normalized spacial score (nSPS) is 14.9. The van der Waals surface area contributed by atoms with Crippen LogP contribution in [0, 0.1) is 12.9 Å². The van der Waals surface area contributed by atoms with Crippen LogP contribution in [0.2, 0.25) is 0 Å². The predicted molar refractivity (Wildman–Crippen MR) is 122 cm³/mol. The van der Waals surface area contributed by atoms with Gasteiger partial charge in [-0.25, -0.2) is 4.57 Å². The second-order valence-electron chi connectivity index (χ2n) is 8.83. The minimum absolute atomic E-state index is 0.341. The Hall–Kier alpha value is -3.27. The monoisotopic (exact) mass is 411 g/mol. The van der Waals surface area contributed by atoms with Crippen LogP contribution in [0.5, 0.6) is 0 Å². The average molecular weight is 412 g/mol. The molecule has 31 heavy (non-hydrogen) atoms. The molecule has 0 unspecified atom stereocenters. The number of aromatic nitrogens is 2. The van der Waals surface area contributed by atoms with Crippen LogP contribution in [-0.4, -0.2) is 4.98 Å². The Balaban J connectivity index is 1.64. The van der Waals surface area contributed by atoms with Crippen LogP contribution in [-0.2, 0) is 7.05 Å². The highest BCUT2D eigenvalue weighted by Crippen LogP contribution is 2.40. The highest BCUT2D eigenvalue weighted by atomic mass is 19.1. The number of pyridine rings is 2. The van der Waals surface area contributed by atoms with E-state index >= 15 is 0 Å². The third-order valence-electron chi connectivity index (χ3n) is 6.91. The molecular weight excluding hydrogens is 387 g/mol. The summed E-state index contributed by atoms with van der Waals surface area (Å²) in [7, 11) is 2.07. The molecule has 0 spiro atoms. The lowest BCUT2D eigenvalue weighted by Crippen LogP contribution is -2.30. The lowest BCUT2D eigenvalue weighted by molar-refractivity contribution is -0.659. The maximum atomic E-state index is 13.7. The molecule has 1 aliphatic rings. The number of aryl methyl sites for hydroxylation is 2. The Morgan fingerprint density at radius 3 is 2.58 bits per heavy atom. The number of halogens is 1. The van der Waals surface area contributed by atoms with Crippen LogP contribution in [0.25, 0.3) is 44.1 Å². The molecule has 5 aromatic rings. The third kappa shape index (κ3) is 2.85. The van der Waals surface area contributed by atoms with E-state index in [0.29, 0.717) is 11.6 Å². The second kappa shape index (κ2) is 6.88. The van der Waals surface area contributed by atoms with Crippen LogP contribution in [0.15, 0.2) is 59.1 Å². The number of hydrogen-bond acceptors (Lipinski definition) is 2. The number of hydrogen-bond donors (Lipinski definition) is 0. The first-order chi connectivity index (χ1) is 15.1. The van der Waals surface area contributed by atoms with Crippen molar-refractivity contribution in [3.8, 4) is 11.3 Å². The van der Waals surface area contributed by atoms with Gasteiger partial charge in [-0.1, -0.05) is 37.1 Å². The van der Waals surface area contributed by atoms with Gasteiger partial charge in [0.05, 0.1) is 10.9 Å². The predicted octanol–water partition coefficient (Wildman–Crippen LogP) is 6.73. The van der Waals surface area contributed by atoms with E-state index in [-0.39, 0.29) is 0 Å². The Kier molecular flexibility index (Phi) is 4.10. The fraction of sp³-hybridized carbons (Fsp3) is 0.259. The van der Waals surface area contributed by atoms with Crippen molar-refractivity contribution >= 4 is 32.8 Å². The molecule has 6 rings (SSSR count). The molecule has 0 saturated heterocycles. The smallest absolute Gasteiger partial charge is 0.229 e. The topological polar surface area (TPSA) is 29.9 Å². The molecule has 3 nitrogen and oxygen atoms in total. The maximum absolute atomic E-state index is 13.7. The molecule has 0 N–H and O–H groups in total. The highest BCUT2D eigenvalue weighted by molar-refractivity contribution is 6.11. The minimum atomic E-state index is -0.528. The standard InChI is InChI=1S/C27H24FN2O/c1-16-7-9-21-22-11-12-23(28)29-27(22)31-26(21)24(16)25-20-10-8-18(17-5-3-4-6-17)15-19(20)13-14-30(25)2/h7-15,17H,3-6H2,1-2H3/q+1. The van der Waals surface area contributed by atoms with Gasteiger partial charge in [0.25, 0.3) is 0 Å². The second-order valence-corrected chi connectivity index (χ2v) is 8.83. The summed E-state index contributed by atoms with van der Waals surface area (Å²) in [5.41, 5.74) is 5.82. The zero-order valence-electron chi connectivity index (χ0n) is 17.8. The summed E-state index contributed by atoms with van der Waals surface area (Å²) in [5.74, 6) is 0.156. The Labute approximate surface area is 180 Å². The highest BCUT2D eigenvalue weighted by Gasteiger charge is 2.25. The van der Waals surface area contributed by atoms with Gasteiger partial charge >= 0.3 is 0 Å². The molecule has 3 heterocycles. The van der Waals surface area contributed by atoms with Crippen LogP contribution in [0.3, 0.4) is 0 Å². The molecule has 0 radical (unpaired) electrons. The largest absolute Gasteiger partial charge is 0.437 e. The summed E-state index contributed by atoms with van der Waals surface area (Å²) in [6.07, 6.45) is 7.37. The van der Waals surface area contributed by atoms with Crippen LogP contribution in [0.1, 0.15) is 42.7 Å². The lowest BCUT2D eigenvalue weighted by Gasteiger charge is -2.12. The number of nitrogens with zero attached hydrogens (tertiary/aromatic N) is 2. The van der Waals surface area contributed by atoms with E-state index in [0.717, 1.165) is 33.2 Å². The molecule has 1 saturated carbocycles. The van der Waals surface area contributed by atoms with Crippen molar-refractivity contribution in [2.75, 3.05) is 0 Å². The van der Waals surface area contributed by atoms with Gasteiger partial charge < -0.3 is 4.42 Å². The molecule has 2 aromatic carbocycles. The van der Waals surface area contributed by atoms with Crippen molar-refractivity contribution in [3.05, 3.63) is 71.8 Å². The van der Waals surface area contributed by atoms with E-state index in [9.17, 15) is 4.39 Å². The Morgan fingerprint density at radius 2 is 1.74 bits per heavy atom. The fourth-order valence-electron chi connectivity index (χ4n) is 5.31. The van der Waals surface area contributed by atoms with Crippen molar-refractivity contribution in [2.45, 2.75) is 38.5 Å². The summed E-state index contributed by atoms with van der Waals surface area (Å²) in [4.78, 5) is 3.98. The quantitative estimate of drug-likeness (QED) is 0.238. The molecule has 0 aliphatic heterocycles. The summed E-state index contributed by atoms with van der Waals surface area (Å²) >= 11 is 0. The van der Waals surface area contributed by atoms with E-state index in [1.807, 2.05) is 6.07 Å². The van der Waals surface area contributed by atoms with Gasteiger partial charge in [-0.05, 0) is 60.4 Å². The number of benzene rings is 2. The van der Waals surface area contributed by atoms with Gasteiger partial charge in [0.15, 0.2) is 11.8 Å². The summed E-state index contributed by atoms with van der Waals surface area (Å²) in [6, 6.07) is 16.4. The van der Waals surface area contributed by atoms with Gasteiger partial charge in [-0.3, -0.25) is 0 Å². The van der Waals surface area contributed by atoms with Crippen molar-refractivity contribution in [2.24, 2.45) is 7.05 Å². The average Bonchev–Trinajstić information content (AvgIpc) is 3.42. The summed E-state index contributed by atoms with van der Waals surface area (Å²) < 4.78 is 22.0. The Morgan fingerprint density at radius 1 is 0.968 bits per heavy atom. The van der Waals surface area contributed by atoms with E-state index in [1.54, 1.807) is 6.07 Å². The van der Waals surface area contributed by atoms with Gasteiger partial charge in [-0.2, -0.15) is 9.37 Å². The SMILES string of the molecule is Cc1ccc2c(oc3nc(F)ccc32)c1-c1c2ccc(C3CCCC3)cc2cc[n+]1C. The number of rotatable bonds is 2. The van der Waals surface area contributed by atoms with E-state index < -0.39 is 5.95 Å². The molecule has 1 fully saturated rings. The van der Waals surface area contributed by atoms with Crippen molar-refractivity contribution < 1.29 is 13.4 Å². The first-order valence-corrected chi connectivity index (χ1v) is 11.0. The number of furan rings is 1. The number of fused-ring (bicyclic) bond motifs is 4. The molecule has 154 valence electrons. The molecule has 4 heteroatoms. The van der Waals surface area contributed by atoms with E-state index in [4.69, 9.17) is 4.42 Å². The zero-order valence-corrected chi connectivity index (χ0v) is 17.8. The van der Waals surface area contributed by atoms with Crippen molar-refractivity contribution in [1.82, 2.24) is 4.98 Å². The molecule has 0 bridgehead atoms. The maximum Gasteiger partial charge on any atom is 0.229 e. The Bertz CT molecular complexity index is 1480. The molecular formula is C27H24FN2O+.